The Bertz CT molecular complexity index is 561. The highest BCUT2D eigenvalue weighted by Crippen LogP contribution is 2.06. The van der Waals surface area contributed by atoms with Gasteiger partial charge in [-0.25, -0.2) is 0 Å². The summed E-state index contributed by atoms with van der Waals surface area (Å²) >= 11 is 0. The van der Waals surface area contributed by atoms with E-state index in [-0.39, 0.29) is 11.8 Å². The van der Waals surface area contributed by atoms with E-state index >= 15 is 0 Å². The van der Waals surface area contributed by atoms with Crippen molar-refractivity contribution in [3.8, 4) is 0 Å². The summed E-state index contributed by atoms with van der Waals surface area (Å²) in [6.45, 7) is 3.17. The predicted octanol–water partition coefficient (Wildman–Crippen LogP) is 0.763. The van der Waals surface area contributed by atoms with Crippen molar-refractivity contribution in [2.45, 2.75) is 26.2 Å². The van der Waals surface area contributed by atoms with E-state index in [9.17, 15) is 4.79 Å². The number of aromatic nitrogens is 3. The number of nitrogens with zero attached hydrogens (tertiary/aromatic N) is 3. The van der Waals surface area contributed by atoms with Gasteiger partial charge >= 0.3 is 0 Å². The van der Waals surface area contributed by atoms with Gasteiger partial charge in [0.05, 0.1) is 0 Å². The zero-order valence-electron chi connectivity index (χ0n) is 11.7. The molecule has 1 unspecified atom stereocenters. The lowest BCUT2D eigenvalue weighted by atomic mass is 10.0. The molecule has 108 valence electrons. The zero-order chi connectivity index (χ0) is 14.4. The average molecular weight is 275 g/mol. The summed E-state index contributed by atoms with van der Waals surface area (Å²) in [5, 5.41) is 11.1. The minimum Gasteiger partial charge on any atom is -0.356 e. The molecule has 2 heterocycles. The second-order valence-electron chi connectivity index (χ2n) is 4.86. The first-order valence-corrected chi connectivity index (χ1v) is 7.00. The lowest BCUT2D eigenvalue weighted by molar-refractivity contribution is -0.121. The normalized spacial score (nSPS) is 12.5. The Labute approximate surface area is 118 Å². The summed E-state index contributed by atoms with van der Waals surface area (Å²) in [5.41, 5.74) is 6.42. The quantitative estimate of drug-likeness (QED) is 0.781. The molecule has 3 N–H and O–H groups in total. The van der Waals surface area contributed by atoms with E-state index in [4.69, 9.17) is 5.73 Å². The Morgan fingerprint density at radius 2 is 2.30 bits per heavy atom. The molecule has 1 amide bonds. The monoisotopic (exact) mass is 275 g/mol. The number of hydrogen-bond donors (Lipinski definition) is 2. The van der Waals surface area contributed by atoms with E-state index in [0.717, 1.165) is 17.9 Å². The van der Waals surface area contributed by atoms with E-state index < -0.39 is 0 Å². The molecule has 2 aromatic rings. The summed E-state index contributed by atoms with van der Waals surface area (Å²) < 4.78 is 1.93. The average Bonchev–Trinajstić information content (AvgIpc) is 2.88. The van der Waals surface area contributed by atoms with Crippen molar-refractivity contribution in [1.82, 2.24) is 19.9 Å². The van der Waals surface area contributed by atoms with Gasteiger partial charge in [0.1, 0.15) is 5.82 Å². The standard InChI is InChI=1S/C14H21N5O/c1-2-11(10-15)9-14(20)16-7-6-13-18-17-12-5-3-4-8-19(12)13/h3-5,8,11H,2,6-7,9-10,15H2,1H3,(H,16,20). The fourth-order valence-electron chi connectivity index (χ4n) is 2.10. The van der Waals surface area contributed by atoms with Crippen molar-refractivity contribution in [2.24, 2.45) is 11.7 Å². The lowest BCUT2D eigenvalue weighted by Crippen LogP contribution is -2.29. The fourth-order valence-corrected chi connectivity index (χ4v) is 2.10. The van der Waals surface area contributed by atoms with E-state index in [2.05, 4.69) is 15.5 Å². The molecule has 0 fully saturated rings. The summed E-state index contributed by atoms with van der Waals surface area (Å²) in [4.78, 5) is 11.8. The largest absolute Gasteiger partial charge is 0.356 e. The van der Waals surface area contributed by atoms with Gasteiger partial charge in [-0.1, -0.05) is 19.4 Å². The predicted molar refractivity (Wildman–Crippen MR) is 77.2 cm³/mol. The van der Waals surface area contributed by atoms with Crippen LogP contribution >= 0.6 is 0 Å². The van der Waals surface area contributed by atoms with Crippen molar-refractivity contribution in [2.75, 3.05) is 13.1 Å². The minimum atomic E-state index is 0.0520. The first-order chi connectivity index (χ1) is 9.74. The third-order valence-electron chi connectivity index (χ3n) is 3.44. The van der Waals surface area contributed by atoms with Crippen molar-refractivity contribution < 1.29 is 4.79 Å². The van der Waals surface area contributed by atoms with E-state index in [1.807, 2.05) is 35.7 Å². The molecular formula is C14H21N5O. The lowest BCUT2D eigenvalue weighted by Gasteiger charge is -2.11. The third kappa shape index (κ3) is 3.54. The van der Waals surface area contributed by atoms with Crippen molar-refractivity contribution in [1.29, 1.82) is 0 Å². The number of nitrogens with two attached hydrogens (primary N) is 1. The number of carbonyl (C=O) groups excluding carboxylic acids is 1. The van der Waals surface area contributed by atoms with Gasteiger partial charge in [-0.05, 0) is 24.6 Å². The highest BCUT2D eigenvalue weighted by Gasteiger charge is 2.10. The molecule has 0 aliphatic heterocycles. The van der Waals surface area contributed by atoms with Gasteiger partial charge in [0.15, 0.2) is 5.65 Å². The molecule has 0 bridgehead atoms. The van der Waals surface area contributed by atoms with Crippen LogP contribution in [0.5, 0.6) is 0 Å². The molecule has 0 saturated heterocycles. The molecule has 0 spiro atoms. The maximum atomic E-state index is 11.8. The molecule has 2 aromatic heterocycles. The maximum absolute atomic E-state index is 11.8. The molecule has 20 heavy (non-hydrogen) atoms. The van der Waals surface area contributed by atoms with Crippen LogP contribution in [0.1, 0.15) is 25.6 Å². The third-order valence-corrected chi connectivity index (χ3v) is 3.44. The highest BCUT2D eigenvalue weighted by atomic mass is 16.1. The fraction of sp³-hybridized carbons (Fsp3) is 0.500. The summed E-state index contributed by atoms with van der Waals surface area (Å²) in [5.74, 6) is 1.17. The molecule has 0 radical (unpaired) electrons. The molecule has 1 atom stereocenters. The van der Waals surface area contributed by atoms with Crippen LogP contribution < -0.4 is 11.1 Å². The molecule has 0 saturated carbocycles. The van der Waals surface area contributed by atoms with Gasteiger partial charge in [0.2, 0.25) is 5.91 Å². The Balaban J connectivity index is 1.82. The van der Waals surface area contributed by atoms with Gasteiger partial charge < -0.3 is 11.1 Å². The Morgan fingerprint density at radius 3 is 3.05 bits per heavy atom. The number of pyridine rings is 1. The molecule has 0 aliphatic rings. The van der Waals surface area contributed by atoms with Crippen LogP contribution in [-0.2, 0) is 11.2 Å². The zero-order valence-corrected chi connectivity index (χ0v) is 11.7. The molecule has 0 aliphatic carbocycles. The number of carbonyl (C=O) groups is 1. The number of rotatable bonds is 7. The van der Waals surface area contributed by atoms with Crippen molar-refractivity contribution >= 4 is 11.6 Å². The van der Waals surface area contributed by atoms with Crippen LogP contribution in [0.25, 0.3) is 5.65 Å². The van der Waals surface area contributed by atoms with Crippen molar-refractivity contribution in [3.05, 3.63) is 30.2 Å². The number of nitrogens with one attached hydrogen (secondary N) is 1. The number of amides is 1. The van der Waals surface area contributed by atoms with Crippen LogP contribution in [0.3, 0.4) is 0 Å². The Morgan fingerprint density at radius 1 is 1.45 bits per heavy atom. The first-order valence-electron chi connectivity index (χ1n) is 7.00. The Kier molecular flexibility index (Phi) is 5.06. The number of hydrogen-bond acceptors (Lipinski definition) is 4. The van der Waals surface area contributed by atoms with Crippen molar-refractivity contribution in [3.63, 3.8) is 0 Å². The molecule has 2 rings (SSSR count). The summed E-state index contributed by atoms with van der Waals surface area (Å²) in [6, 6.07) is 5.76. The number of fused-ring (bicyclic) bond motifs is 1. The SMILES string of the molecule is CCC(CN)CC(=O)NCCc1nnc2ccccn12. The van der Waals surface area contributed by atoms with Crippen LogP contribution in [-0.4, -0.2) is 33.6 Å². The van der Waals surface area contributed by atoms with Crippen LogP contribution in [0.15, 0.2) is 24.4 Å². The van der Waals surface area contributed by atoms with Gasteiger partial charge in [-0.15, -0.1) is 10.2 Å². The summed E-state index contributed by atoms with van der Waals surface area (Å²) in [6.07, 6.45) is 4.01. The Hall–Kier alpha value is -1.95. The van der Waals surface area contributed by atoms with Gasteiger partial charge in [-0.3, -0.25) is 9.20 Å². The first kappa shape index (κ1) is 14.5. The van der Waals surface area contributed by atoms with E-state index in [1.54, 1.807) is 0 Å². The van der Waals surface area contributed by atoms with Gasteiger partial charge in [0, 0.05) is 25.6 Å². The molecule has 0 aromatic carbocycles. The second kappa shape index (κ2) is 7.00. The van der Waals surface area contributed by atoms with Gasteiger partial charge in [-0.2, -0.15) is 0 Å². The van der Waals surface area contributed by atoms with Gasteiger partial charge in [0.25, 0.3) is 0 Å². The van der Waals surface area contributed by atoms with E-state index in [0.29, 0.717) is 25.9 Å². The smallest absolute Gasteiger partial charge is 0.220 e. The molecule has 6 nitrogen and oxygen atoms in total. The summed E-state index contributed by atoms with van der Waals surface area (Å²) in [7, 11) is 0. The topological polar surface area (TPSA) is 85.3 Å². The molecular weight excluding hydrogens is 254 g/mol. The molecule has 6 heteroatoms. The van der Waals surface area contributed by atoms with Crippen LogP contribution in [0.4, 0.5) is 0 Å². The van der Waals surface area contributed by atoms with Crippen LogP contribution in [0.2, 0.25) is 0 Å². The van der Waals surface area contributed by atoms with Crippen LogP contribution in [0, 0.1) is 5.92 Å². The van der Waals surface area contributed by atoms with E-state index in [1.165, 1.54) is 0 Å². The highest BCUT2D eigenvalue weighted by molar-refractivity contribution is 5.76. The second-order valence-corrected chi connectivity index (χ2v) is 4.86. The minimum absolute atomic E-state index is 0.0520. The maximum Gasteiger partial charge on any atom is 0.220 e.